The second kappa shape index (κ2) is 53.7. The molecule has 0 radical (unpaired) electrons. The van der Waals surface area contributed by atoms with E-state index in [2.05, 4.69) is 60.6 Å². The average Bonchev–Trinajstić information content (AvgIpc) is 1.54. The number of hydrogen-bond acceptors (Lipinski definition) is 27. The Kier molecular flexibility index (Phi) is 41.5. The van der Waals surface area contributed by atoms with E-state index in [0.29, 0.717) is 119 Å². The first-order valence-corrected chi connectivity index (χ1v) is 54.8. The highest BCUT2D eigenvalue weighted by atomic mass is 127. The Bertz CT molecular complexity index is 6870. The van der Waals surface area contributed by atoms with Gasteiger partial charge in [-0.15, -0.1) is 0 Å². The van der Waals surface area contributed by atoms with Crippen LogP contribution in [0.5, 0.6) is 51.7 Å². The van der Waals surface area contributed by atoms with Crippen molar-refractivity contribution in [1.82, 2.24) is 53.8 Å². The lowest BCUT2D eigenvalue weighted by atomic mass is 10.0. The fraction of sp³-hybridized carbons (Fsp3) is 0.430. The molecule has 8 aromatic carbocycles. The van der Waals surface area contributed by atoms with Crippen LogP contribution in [-0.2, 0) is 83.3 Å². The van der Waals surface area contributed by atoms with Gasteiger partial charge in [0.05, 0.1) is 97.6 Å². The first kappa shape index (κ1) is 114. The van der Waals surface area contributed by atoms with Crippen LogP contribution in [0.25, 0.3) is 22.1 Å². The molecule has 0 spiro atoms. The monoisotopic (exact) mass is 2170 g/mol. The normalized spacial score (nSPS) is 14.4. The second-order valence-corrected chi connectivity index (χ2v) is 40.7. The number of sulfone groups is 2. The van der Waals surface area contributed by atoms with Gasteiger partial charge in [-0.1, -0.05) is 107 Å². The first-order valence-electron chi connectivity index (χ1n) is 49.3. The molecule has 2 unspecified atom stereocenters. The summed E-state index contributed by atoms with van der Waals surface area (Å²) in [6, 6.07) is 35.7. The predicted molar refractivity (Wildman–Crippen MR) is 563 cm³/mol. The molecule has 2 atom stereocenters. The number of carbonyl (C=O) groups is 11. The second-order valence-electron chi connectivity index (χ2n) is 36.8. The van der Waals surface area contributed by atoms with Crippen molar-refractivity contribution in [2.24, 2.45) is 28.2 Å². The van der Waals surface area contributed by atoms with Crippen LogP contribution in [0.2, 0.25) is 0 Å². The van der Waals surface area contributed by atoms with Crippen LogP contribution < -0.4 is 65.8 Å². The number of carboxylic acids is 1. The van der Waals surface area contributed by atoms with E-state index in [9.17, 15) is 84.3 Å². The molecule has 6 heterocycles. The maximum absolute atomic E-state index is 14.2. The molecule has 5 N–H and O–H groups in total. The van der Waals surface area contributed by atoms with Crippen molar-refractivity contribution in [1.29, 1.82) is 0 Å². The van der Waals surface area contributed by atoms with Gasteiger partial charge in [0.1, 0.15) is 70.4 Å². The van der Waals surface area contributed by atoms with Crippen molar-refractivity contribution >= 4 is 135 Å². The molecule has 147 heavy (non-hydrogen) atoms. The number of ketones is 1. The number of ether oxygens (including phenoxy) is 7. The molecule has 2 aromatic heterocycles. The van der Waals surface area contributed by atoms with Crippen LogP contribution in [0, 0.1) is 0 Å². The summed E-state index contributed by atoms with van der Waals surface area (Å²) >= 11 is 2.15. The molecule has 788 valence electrons. The third kappa shape index (κ3) is 30.1. The summed E-state index contributed by atoms with van der Waals surface area (Å²) in [5, 5.41) is 20.0. The molecule has 14 rings (SSSR count). The Morgan fingerprint density at radius 1 is 0.429 bits per heavy atom. The number of hydrogen-bond donors (Lipinski definition) is 5. The van der Waals surface area contributed by atoms with Crippen molar-refractivity contribution < 1.29 is 108 Å². The SMILES string of the molecule is CCCCCCC(=O)COc1cccc2c1C(=O)N(C1CCC(=O)NC1=O)C2=O.CCCOc1cc(OCCCCN(C)C)cc(Oc2cc3c(cc2CS(=O)(=O)c2cccc(C(=O)NCCCCCCCCNc4ccc5c(c4)C(=O)N(C4CCC(=O)NC4=O)C5=O)c2)n(C)c(=O)n3C)c1.CCCOc1cc(OCCCCN(C)C)cc(Oc2cc3c(cc2CS(=O)(=O)c2cccc(C(=O)O)c2)n(C)c(=O)n3C)c1.CI. The van der Waals surface area contributed by atoms with E-state index in [1.165, 1.54) is 60.7 Å². The molecular weight excluding hydrogens is 2040 g/mol. The predicted octanol–water partition coefficient (Wildman–Crippen LogP) is 14.6. The number of aromatic carboxylic acids is 1. The average molecular weight is 2180 g/mol. The Morgan fingerprint density at radius 2 is 0.857 bits per heavy atom. The van der Waals surface area contributed by atoms with Crippen LogP contribution in [0.15, 0.2) is 165 Å². The number of aromatic nitrogens is 4. The number of piperidine rings is 2. The Morgan fingerprint density at radius 3 is 1.33 bits per heavy atom. The number of imide groups is 4. The fourth-order valence-electron chi connectivity index (χ4n) is 17.1. The zero-order chi connectivity index (χ0) is 107. The third-order valence-electron chi connectivity index (χ3n) is 24.9. The van der Waals surface area contributed by atoms with Gasteiger partial charge in [0.15, 0.2) is 25.5 Å². The summed E-state index contributed by atoms with van der Waals surface area (Å²) in [5.74, 6) is -3.63. The number of nitrogens with zero attached hydrogens (tertiary/aromatic N) is 8. The van der Waals surface area contributed by atoms with E-state index < -0.39 is 96.5 Å². The molecule has 2 saturated heterocycles. The number of halogens is 1. The number of amides is 9. The molecular formula is C107H131IN12O25S2. The highest BCUT2D eigenvalue weighted by molar-refractivity contribution is 14.1. The van der Waals surface area contributed by atoms with Crippen LogP contribution in [0.4, 0.5) is 5.69 Å². The zero-order valence-corrected chi connectivity index (χ0v) is 88.9. The van der Waals surface area contributed by atoms with Gasteiger partial charge in [0.2, 0.25) is 23.6 Å². The molecule has 10 aromatic rings. The van der Waals surface area contributed by atoms with Gasteiger partial charge in [-0.05, 0) is 196 Å². The minimum atomic E-state index is -4.05. The number of benzene rings is 8. The van der Waals surface area contributed by atoms with Gasteiger partial charge >= 0.3 is 17.3 Å². The van der Waals surface area contributed by atoms with E-state index in [0.717, 1.165) is 132 Å². The Labute approximate surface area is 868 Å². The van der Waals surface area contributed by atoms with Crippen molar-refractivity contribution in [3.8, 4) is 51.7 Å². The highest BCUT2D eigenvalue weighted by Gasteiger charge is 2.48. The molecule has 0 saturated carbocycles. The number of nitrogens with one attached hydrogen (secondary N) is 4. The van der Waals surface area contributed by atoms with Gasteiger partial charge in [-0.3, -0.25) is 86.6 Å². The van der Waals surface area contributed by atoms with Crippen LogP contribution in [0.1, 0.15) is 229 Å². The van der Waals surface area contributed by atoms with E-state index in [-0.39, 0.29) is 116 Å². The minimum Gasteiger partial charge on any atom is -0.493 e. The van der Waals surface area contributed by atoms with Crippen molar-refractivity contribution in [3.63, 3.8) is 0 Å². The Hall–Kier alpha value is -13.6. The summed E-state index contributed by atoms with van der Waals surface area (Å²) in [6.45, 7) is 10.8. The molecule has 2 fully saturated rings. The van der Waals surface area contributed by atoms with Gasteiger partial charge in [-0.25, -0.2) is 31.2 Å². The number of fused-ring (bicyclic) bond motifs is 4. The van der Waals surface area contributed by atoms with Gasteiger partial charge in [-0.2, -0.15) is 0 Å². The topological polar surface area (TPSA) is 456 Å². The number of aryl methyl sites for hydroxylation is 4. The lowest BCUT2D eigenvalue weighted by Crippen LogP contribution is -2.54. The lowest BCUT2D eigenvalue weighted by Gasteiger charge is -2.27. The number of carboxylic acid groups (broad SMARTS) is 1. The molecule has 9 amide bonds. The smallest absolute Gasteiger partial charge is 0.335 e. The van der Waals surface area contributed by atoms with E-state index in [4.69, 9.17) is 33.2 Å². The van der Waals surface area contributed by atoms with Gasteiger partial charge < -0.3 is 58.7 Å². The van der Waals surface area contributed by atoms with Crippen LogP contribution in [0.3, 0.4) is 0 Å². The summed E-state index contributed by atoms with van der Waals surface area (Å²) in [6.07, 6.45) is 15.3. The zero-order valence-electron chi connectivity index (χ0n) is 85.2. The fourth-order valence-corrected chi connectivity index (χ4v) is 19.9. The minimum absolute atomic E-state index is 0.0336. The number of imidazole rings is 2. The molecule has 0 aliphatic carbocycles. The number of alkyl halides is 1. The summed E-state index contributed by atoms with van der Waals surface area (Å²) in [4.78, 5) is 170. The summed E-state index contributed by atoms with van der Waals surface area (Å²) < 4.78 is 104. The highest BCUT2D eigenvalue weighted by Crippen LogP contribution is 2.41. The van der Waals surface area contributed by atoms with Crippen molar-refractivity contribution in [2.45, 2.75) is 189 Å². The quantitative estimate of drug-likeness (QED) is 0.0102. The molecule has 37 nitrogen and oxygen atoms in total. The van der Waals surface area contributed by atoms with Crippen molar-refractivity contribution in [3.05, 3.63) is 211 Å². The third-order valence-corrected chi connectivity index (χ3v) is 28.3. The summed E-state index contributed by atoms with van der Waals surface area (Å²) in [5.41, 5.74) is 3.63. The van der Waals surface area contributed by atoms with E-state index >= 15 is 0 Å². The lowest BCUT2D eigenvalue weighted by molar-refractivity contribution is -0.137. The first-order chi connectivity index (χ1) is 70.4. The number of carbonyl (C=O) groups excluding carboxylic acids is 10. The molecule has 4 aliphatic rings. The number of anilines is 1. The van der Waals surface area contributed by atoms with Gasteiger partial charge in [0, 0.05) is 131 Å². The standard InChI is InChI=1S/C53H65N7O11S.C32H39N3O8S.C21H24N2O6.CH3I/c1-6-25-69-38-30-39(70-26-14-13-24-57(2)3)32-40(31-38)71-47-33-46-45(58(4)53(66)59(46)5)28-36(47)34-72(67,68)41-17-15-16-35(27-41)49(62)55-23-12-10-8-7-9-11-22-54-37-18-19-42-43(29-37)52(65)60(51(42)64)44-20-21-48(61)56-50(44)63;1-6-13-41-24-17-25(42-14-8-7-12-33(2)3)19-26(18-24)43-30-20-29-28(34(4)32(38)35(29)5)16-23(30)21-44(39,40)27-11-9-10-22(15-27)31(36)37;1-2-3-4-5-7-13(24)12-29-16-9-6-8-14-18(16)21(28)23(20(14)27)15-10-11-17(25)22-19(15)26;1-2/h15-19,27-33,44,54H,6-14,20-26,34H2,1-5H3,(H,55,62)(H,56,61,63);9-11,15-20H,6-8,12-14,21H2,1-5H3,(H,36,37);6,8-9,15H,2-5,7,10-12H2,1H3,(H,22,25,26);1H3. The van der Waals surface area contributed by atoms with E-state index in [1.54, 1.807) is 125 Å². The Balaban J connectivity index is 0.000000231. The maximum atomic E-state index is 14.2. The molecule has 4 aliphatic heterocycles. The van der Waals surface area contributed by atoms with Crippen LogP contribution >= 0.6 is 22.6 Å². The number of rotatable bonds is 50. The molecule has 40 heteroatoms. The molecule has 0 bridgehead atoms. The number of unbranched alkanes of at least 4 members (excludes halogenated alkanes) is 10. The van der Waals surface area contributed by atoms with E-state index in [1.807, 2.05) is 47.0 Å². The number of Topliss-reactive ketones (excluding diaryl/α,β-unsaturated/α-hetero) is 1. The van der Waals surface area contributed by atoms with Gasteiger partial charge in [0.25, 0.3) is 29.5 Å². The van der Waals surface area contributed by atoms with Crippen LogP contribution in [-0.4, -0.2) is 229 Å². The largest absolute Gasteiger partial charge is 0.493 e. The maximum Gasteiger partial charge on any atom is 0.335 e. The van der Waals surface area contributed by atoms with Crippen molar-refractivity contribution in [2.75, 3.05) is 97.7 Å². The summed E-state index contributed by atoms with van der Waals surface area (Å²) in [7, 11) is 6.54.